The van der Waals surface area contributed by atoms with Crippen LogP contribution in [-0.4, -0.2) is 35.3 Å². The Morgan fingerprint density at radius 1 is 1.43 bits per heavy atom. The van der Waals surface area contributed by atoms with Gasteiger partial charge in [-0.1, -0.05) is 12.1 Å². The van der Waals surface area contributed by atoms with Crippen molar-refractivity contribution in [2.45, 2.75) is 6.92 Å². The molecule has 0 aliphatic heterocycles. The largest absolute Gasteiger partial charge is 0.461 e. The molecule has 7 heteroatoms. The number of ketones is 1. The van der Waals surface area contributed by atoms with Gasteiger partial charge in [-0.05, 0) is 24.8 Å². The van der Waals surface area contributed by atoms with Gasteiger partial charge < -0.3 is 4.74 Å². The Balaban J connectivity index is 2.99. The van der Waals surface area contributed by atoms with Gasteiger partial charge in [-0.3, -0.25) is 14.9 Å². The van der Waals surface area contributed by atoms with Crippen LogP contribution in [0, 0.1) is 10.1 Å². The summed E-state index contributed by atoms with van der Waals surface area (Å²) in [5.41, 5.74) is 0.162. The van der Waals surface area contributed by atoms with Crippen molar-refractivity contribution in [2.75, 3.05) is 18.6 Å². The maximum absolute atomic E-state index is 11.8. The molecular weight excluding hydrogens is 294 g/mol. The molecule has 0 saturated carbocycles. The normalized spacial score (nSPS) is 11.0. The van der Waals surface area contributed by atoms with Crippen LogP contribution in [0.1, 0.15) is 12.5 Å². The molecule has 0 bridgehead atoms. The molecule has 112 valence electrons. The highest BCUT2D eigenvalue weighted by molar-refractivity contribution is 7.98. The number of thioether (sulfide) groups is 1. The molecule has 0 aliphatic rings. The lowest BCUT2D eigenvalue weighted by atomic mass is 10.1. The van der Waals surface area contributed by atoms with Crippen molar-refractivity contribution in [3.63, 3.8) is 0 Å². The Labute approximate surface area is 126 Å². The van der Waals surface area contributed by atoms with E-state index in [1.165, 1.54) is 43.0 Å². The van der Waals surface area contributed by atoms with Crippen molar-refractivity contribution >= 4 is 35.3 Å². The van der Waals surface area contributed by atoms with E-state index in [1.54, 1.807) is 6.07 Å². The minimum absolute atomic E-state index is 0.109. The zero-order chi connectivity index (χ0) is 15.8. The first-order chi connectivity index (χ1) is 9.95. The molecule has 0 unspecified atom stereocenters. The van der Waals surface area contributed by atoms with Crippen molar-refractivity contribution in [1.82, 2.24) is 0 Å². The third-order valence-corrected chi connectivity index (χ3v) is 3.09. The Bertz CT molecular complexity index is 582. The monoisotopic (exact) mass is 309 g/mol. The lowest BCUT2D eigenvalue weighted by Gasteiger charge is -2.05. The van der Waals surface area contributed by atoms with Crippen LogP contribution in [0.25, 0.3) is 6.08 Å². The fourth-order valence-electron chi connectivity index (χ4n) is 1.49. The van der Waals surface area contributed by atoms with E-state index in [4.69, 9.17) is 4.74 Å². The highest BCUT2D eigenvalue weighted by Gasteiger charge is 2.16. The number of carbonyl (C=O) groups excluding carboxylic acids is 2. The number of nitrogens with zero attached hydrogens (tertiary/aromatic N) is 1. The van der Waals surface area contributed by atoms with E-state index in [2.05, 4.69) is 0 Å². The van der Waals surface area contributed by atoms with Gasteiger partial charge in [-0.25, -0.2) is 4.79 Å². The zero-order valence-electron chi connectivity index (χ0n) is 11.7. The van der Waals surface area contributed by atoms with Gasteiger partial charge in [0.2, 0.25) is 0 Å². The number of Topliss-reactive ketones (excluding diaryl/α,β-unsaturated/α-hetero) is 1. The quantitative estimate of drug-likeness (QED) is 0.146. The smallest absolute Gasteiger partial charge is 0.341 e. The number of carbonyl (C=O) groups is 2. The standard InChI is InChI=1S/C14H15NO5S/c1-10(16)13(14(17)20-6-7-21-2)9-11-4-3-5-12(8-11)15(18)19/h3-5,8-9H,6-7H2,1-2H3/b13-9+. The van der Waals surface area contributed by atoms with Crippen LogP contribution in [0.4, 0.5) is 5.69 Å². The zero-order valence-corrected chi connectivity index (χ0v) is 12.5. The summed E-state index contributed by atoms with van der Waals surface area (Å²) >= 11 is 1.52. The summed E-state index contributed by atoms with van der Waals surface area (Å²) in [4.78, 5) is 33.5. The topological polar surface area (TPSA) is 86.5 Å². The number of rotatable bonds is 7. The predicted molar refractivity (Wildman–Crippen MR) is 81.1 cm³/mol. The number of non-ortho nitro benzene ring substituents is 1. The predicted octanol–water partition coefficient (Wildman–Crippen LogP) is 2.47. The van der Waals surface area contributed by atoms with Crippen LogP contribution >= 0.6 is 11.8 Å². The van der Waals surface area contributed by atoms with E-state index in [0.29, 0.717) is 11.3 Å². The molecule has 0 spiro atoms. The minimum Gasteiger partial charge on any atom is -0.461 e. The molecule has 6 nitrogen and oxygen atoms in total. The van der Waals surface area contributed by atoms with Crippen LogP contribution in [0.15, 0.2) is 29.8 Å². The first-order valence-electron chi connectivity index (χ1n) is 6.09. The molecule has 0 fully saturated rings. The van der Waals surface area contributed by atoms with E-state index in [0.717, 1.165) is 0 Å². The average Bonchev–Trinajstić information content (AvgIpc) is 2.44. The minimum atomic E-state index is -0.719. The van der Waals surface area contributed by atoms with E-state index in [-0.39, 0.29) is 17.9 Å². The van der Waals surface area contributed by atoms with Crippen LogP contribution in [-0.2, 0) is 14.3 Å². The number of ether oxygens (including phenoxy) is 1. The van der Waals surface area contributed by atoms with Gasteiger partial charge in [-0.2, -0.15) is 11.8 Å². The first-order valence-corrected chi connectivity index (χ1v) is 7.48. The van der Waals surface area contributed by atoms with E-state index in [1.807, 2.05) is 6.26 Å². The third-order valence-electron chi connectivity index (χ3n) is 2.51. The van der Waals surface area contributed by atoms with Crippen molar-refractivity contribution in [3.8, 4) is 0 Å². The van der Waals surface area contributed by atoms with Gasteiger partial charge >= 0.3 is 5.97 Å². The van der Waals surface area contributed by atoms with Gasteiger partial charge in [-0.15, -0.1) is 0 Å². The fraction of sp³-hybridized carbons (Fsp3) is 0.286. The molecule has 0 aromatic heterocycles. The molecular formula is C14H15NO5S. The number of hydrogen-bond acceptors (Lipinski definition) is 6. The SMILES string of the molecule is CSCCOC(=O)/C(=C/c1cccc([N+](=O)[O-])c1)C(C)=O. The van der Waals surface area contributed by atoms with Gasteiger partial charge in [0.1, 0.15) is 12.2 Å². The van der Waals surface area contributed by atoms with E-state index in [9.17, 15) is 19.7 Å². The van der Waals surface area contributed by atoms with Gasteiger partial charge in [0.15, 0.2) is 5.78 Å². The molecule has 1 aromatic rings. The number of nitro benzene ring substituents is 1. The Hall–Kier alpha value is -2.15. The van der Waals surface area contributed by atoms with Crippen molar-refractivity contribution < 1.29 is 19.2 Å². The summed E-state index contributed by atoms with van der Waals surface area (Å²) in [5, 5.41) is 10.7. The van der Waals surface area contributed by atoms with Crippen LogP contribution in [0.3, 0.4) is 0 Å². The number of nitro groups is 1. The second kappa shape index (κ2) is 8.21. The van der Waals surface area contributed by atoms with Gasteiger partial charge in [0.05, 0.1) is 4.92 Å². The molecule has 1 aromatic carbocycles. The second-order valence-electron chi connectivity index (χ2n) is 4.10. The molecule has 1 rings (SSSR count). The molecule has 0 heterocycles. The summed E-state index contributed by atoms with van der Waals surface area (Å²) in [6.45, 7) is 1.46. The summed E-state index contributed by atoms with van der Waals surface area (Å²) in [5.74, 6) is -0.535. The maximum atomic E-state index is 11.8. The summed E-state index contributed by atoms with van der Waals surface area (Å²) < 4.78 is 4.97. The highest BCUT2D eigenvalue weighted by atomic mass is 32.2. The molecule has 0 N–H and O–H groups in total. The number of hydrogen-bond donors (Lipinski definition) is 0. The molecule has 0 radical (unpaired) electrons. The fourth-order valence-corrected chi connectivity index (χ4v) is 1.74. The van der Waals surface area contributed by atoms with E-state index >= 15 is 0 Å². The Kier molecular flexibility index (Phi) is 6.61. The molecule has 0 saturated heterocycles. The maximum Gasteiger partial charge on any atom is 0.341 e. The van der Waals surface area contributed by atoms with Gasteiger partial charge in [0.25, 0.3) is 5.69 Å². The van der Waals surface area contributed by atoms with Crippen molar-refractivity contribution in [3.05, 3.63) is 45.5 Å². The lowest BCUT2D eigenvalue weighted by Crippen LogP contribution is -2.15. The highest BCUT2D eigenvalue weighted by Crippen LogP contribution is 2.16. The first kappa shape index (κ1) is 16.9. The summed E-state index contributed by atoms with van der Waals surface area (Å²) in [7, 11) is 0. The molecule has 0 atom stereocenters. The third kappa shape index (κ3) is 5.39. The van der Waals surface area contributed by atoms with Crippen molar-refractivity contribution in [1.29, 1.82) is 0 Å². The van der Waals surface area contributed by atoms with Crippen LogP contribution in [0.5, 0.6) is 0 Å². The average molecular weight is 309 g/mol. The van der Waals surface area contributed by atoms with Gasteiger partial charge in [0, 0.05) is 17.9 Å². The van der Waals surface area contributed by atoms with Crippen LogP contribution < -0.4 is 0 Å². The van der Waals surface area contributed by atoms with E-state index < -0.39 is 16.7 Å². The number of esters is 1. The van der Waals surface area contributed by atoms with Crippen molar-refractivity contribution in [2.24, 2.45) is 0 Å². The molecule has 0 aliphatic carbocycles. The molecule has 21 heavy (non-hydrogen) atoms. The van der Waals surface area contributed by atoms with Crippen LogP contribution in [0.2, 0.25) is 0 Å². The summed E-state index contributed by atoms with van der Waals surface area (Å²) in [6.07, 6.45) is 3.18. The Morgan fingerprint density at radius 3 is 2.71 bits per heavy atom. The Morgan fingerprint density at radius 2 is 2.14 bits per heavy atom. The second-order valence-corrected chi connectivity index (χ2v) is 5.08. The summed E-state index contributed by atoms with van der Waals surface area (Å²) in [6, 6.07) is 5.69. The lowest BCUT2D eigenvalue weighted by molar-refractivity contribution is -0.384. The number of benzene rings is 1. The molecule has 0 amide bonds.